The maximum absolute atomic E-state index is 11.8. The predicted octanol–water partition coefficient (Wildman–Crippen LogP) is 2.22. The molecule has 1 heterocycles. The van der Waals surface area contributed by atoms with Crippen LogP contribution >= 0.6 is 0 Å². The minimum Gasteiger partial charge on any atom is -0.493 e. The number of carbonyl (C=O) groups is 1. The molecule has 1 aromatic rings. The SMILES string of the molecule is COc1cc2c(cc1OC)CN(CCC(=O)NCC(C)C)CC2. The van der Waals surface area contributed by atoms with E-state index in [4.69, 9.17) is 9.47 Å². The lowest BCUT2D eigenvalue weighted by atomic mass is 9.98. The maximum atomic E-state index is 11.8. The number of hydrogen-bond acceptors (Lipinski definition) is 4. The fourth-order valence-electron chi connectivity index (χ4n) is 2.80. The summed E-state index contributed by atoms with van der Waals surface area (Å²) in [7, 11) is 3.32. The van der Waals surface area contributed by atoms with E-state index in [2.05, 4.69) is 36.2 Å². The van der Waals surface area contributed by atoms with E-state index in [1.54, 1.807) is 14.2 Å². The zero-order chi connectivity index (χ0) is 16.8. The zero-order valence-electron chi connectivity index (χ0n) is 14.6. The van der Waals surface area contributed by atoms with Crippen molar-refractivity contribution in [2.45, 2.75) is 33.2 Å². The first kappa shape index (κ1) is 17.6. The van der Waals surface area contributed by atoms with Crippen LogP contribution in [0.2, 0.25) is 0 Å². The van der Waals surface area contributed by atoms with Gasteiger partial charge in [0.25, 0.3) is 0 Å². The van der Waals surface area contributed by atoms with Gasteiger partial charge in [0.1, 0.15) is 0 Å². The fraction of sp³-hybridized carbons (Fsp3) is 0.611. The largest absolute Gasteiger partial charge is 0.493 e. The molecule has 2 rings (SSSR count). The molecule has 0 aliphatic carbocycles. The Labute approximate surface area is 139 Å². The predicted molar refractivity (Wildman–Crippen MR) is 91.0 cm³/mol. The van der Waals surface area contributed by atoms with Crippen molar-refractivity contribution in [2.75, 3.05) is 33.9 Å². The van der Waals surface area contributed by atoms with Crippen molar-refractivity contribution in [3.05, 3.63) is 23.3 Å². The normalized spacial score (nSPS) is 14.5. The number of fused-ring (bicyclic) bond motifs is 1. The molecule has 1 aromatic carbocycles. The maximum Gasteiger partial charge on any atom is 0.221 e. The highest BCUT2D eigenvalue weighted by Crippen LogP contribution is 2.33. The molecule has 0 atom stereocenters. The third-order valence-electron chi connectivity index (χ3n) is 4.16. The van der Waals surface area contributed by atoms with E-state index in [9.17, 15) is 4.79 Å². The van der Waals surface area contributed by atoms with Gasteiger partial charge in [-0.1, -0.05) is 13.8 Å². The van der Waals surface area contributed by atoms with Crippen LogP contribution < -0.4 is 14.8 Å². The lowest BCUT2D eigenvalue weighted by Crippen LogP contribution is -2.35. The van der Waals surface area contributed by atoms with E-state index in [-0.39, 0.29) is 5.91 Å². The highest BCUT2D eigenvalue weighted by molar-refractivity contribution is 5.76. The Bertz CT molecular complexity index is 543. The van der Waals surface area contributed by atoms with Gasteiger partial charge in [-0.2, -0.15) is 0 Å². The van der Waals surface area contributed by atoms with Crippen LogP contribution in [-0.2, 0) is 17.8 Å². The number of amides is 1. The second kappa shape index (κ2) is 8.20. The number of nitrogens with one attached hydrogen (secondary N) is 1. The third-order valence-corrected chi connectivity index (χ3v) is 4.16. The van der Waals surface area contributed by atoms with Crippen molar-refractivity contribution in [1.82, 2.24) is 10.2 Å². The summed E-state index contributed by atoms with van der Waals surface area (Å²) in [5.41, 5.74) is 2.57. The minimum atomic E-state index is 0.136. The molecule has 0 aromatic heterocycles. The van der Waals surface area contributed by atoms with Gasteiger partial charge in [-0.05, 0) is 35.6 Å². The van der Waals surface area contributed by atoms with Gasteiger partial charge in [-0.3, -0.25) is 9.69 Å². The first-order valence-electron chi connectivity index (χ1n) is 8.26. The molecule has 0 radical (unpaired) electrons. The van der Waals surface area contributed by atoms with Gasteiger partial charge < -0.3 is 14.8 Å². The minimum absolute atomic E-state index is 0.136. The van der Waals surface area contributed by atoms with Crippen LogP contribution in [0.15, 0.2) is 12.1 Å². The molecule has 1 aliphatic rings. The Hall–Kier alpha value is -1.75. The van der Waals surface area contributed by atoms with E-state index < -0.39 is 0 Å². The van der Waals surface area contributed by atoms with Crippen LogP contribution in [0.3, 0.4) is 0 Å². The smallest absolute Gasteiger partial charge is 0.221 e. The molecule has 0 bridgehead atoms. The molecule has 23 heavy (non-hydrogen) atoms. The van der Waals surface area contributed by atoms with Crippen molar-refractivity contribution < 1.29 is 14.3 Å². The Kier molecular flexibility index (Phi) is 6.28. The van der Waals surface area contributed by atoms with Crippen molar-refractivity contribution >= 4 is 5.91 Å². The molecular formula is C18H28N2O3. The number of benzene rings is 1. The van der Waals surface area contributed by atoms with E-state index in [0.717, 1.165) is 44.1 Å². The van der Waals surface area contributed by atoms with E-state index >= 15 is 0 Å². The van der Waals surface area contributed by atoms with Crippen LogP contribution in [0.5, 0.6) is 11.5 Å². The standard InChI is InChI=1S/C18H28N2O3/c1-13(2)11-19-18(21)6-8-20-7-5-14-9-16(22-3)17(23-4)10-15(14)12-20/h9-10,13H,5-8,11-12H2,1-4H3,(H,19,21). The molecule has 128 valence electrons. The van der Waals surface area contributed by atoms with Crippen molar-refractivity contribution in [1.29, 1.82) is 0 Å². The van der Waals surface area contributed by atoms with Gasteiger partial charge in [0.2, 0.25) is 5.91 Å². The molecule has 1 aliphatic heterocycles. The summed E-state index contributed by atoms with van der Waals surface area (Å²) >= 11 is 0. The average molecular weight is 320 g/mol. The van der Waals surface area contributed by atoms with Gasteiger partial charge in [0.05, 0.1) is 14.2 Å². The number of methoxy groups -OCH3 is 2. The molecule has 5 heteroatoms. The Morgan fingerprint density at radius 3 is 2.48 bits per heavy atom. The average Bonchev–Trinajstić information content (AvgIpc) is 2.56. The Balaban J connectivity index is 1.91. The van der Waals surface area contributed by atoms with Gasteiger partial charge >= 0.3 is 0 Å². The van der Waals surface area contributed by atoms with Crippen LogP contribution in [0, 0.1) is 5.92 Å². The molecule has 0 saturated carbocycles. The summed E-state index contributed by atoms with van der Waals surface area (Å²) in [6.07, 6.45) is 1.53. The van der Waals surface area contributed by atoms with Crippen LogP contribution in [-0.4, -0.2) is 44.7 Å². The van der Waals surface area contributed by atoms with Crippen molar-refractivity contribution in [2.24, 2.45) is 5.92 Å². The van der Waals surface area contributed by atoms with Gasteiger partial charge in [-0.15, -0.1) is 0 Å². The first-order chi connectivity index (χ1) is 11.0. The van der Waals surface area contributed by atoms with E-state index in [0.29, 0.717) is 12.3 Å². The molecule has 1 N–H and O–H groups in total. The summed E-state index contributed by atoms with van der Waals surface area (Å²) in [5.74, 6) is 2.18. The highest BCUT2D eigenvalue weighted by Gasteiger charge is 2.19. The lowest BCUT2D eigenvalue weighted by molar-refractivity contribution is -0.121. The number of ether oxygens (including phenoxy) is 2. The summed E-state index contributed by atoms with van der Waals surface area (Å²) in [6.45, 7) is 7.57. The lowest BCUT2D eigenvalue weighted by Gasteiger charge is -2.29. The zero-order valence-corrected chi connectivity index (χ0v) is 14.6. The summed E-state index contributed by atoms with van der Waals surface area (Å²) in [5, 5.41) is 2.97. The number of rotatable bonds is 7. The molecule has 0 saturated heterocycles. The van der Waals surface area contributed by atoms with Crippen LogP contribution in [0.4, 0.5) is 0 Å². The highest BCUT2D eigenvalue weighted by atomic mass is 16.5. The molecule has 0 spiro atoms. The molecule has 0 fully saturated rings. The second-order valence-corrected chi connectivity index (χ2v) is 6.45. The number of hydrogen-bond donors (Lipinski definition) is 1. The third kappa shape index (κ3) is 4.86. The van der Waals surface area contributed by atoms with Crippen LogP contribution in [0.1, 0.15) is 31.4 Å². The van der Waals surface area contributed by atoms with Gasteiger partial charge in [0.15, 0.2) is 11.5 Å². The molecule has 5 nitrogen and oxygen atoms in total. The monoisotopic (exact) mass is 320 g/mol. The van der Waals surface area contributed by atoms with E-state index in [1.807, 2.05) is 0 Å². The summed E-state index contributed by atoms with van der Waals surface area (Å²) in [4.78, 5) is 14.2. The topological polar surface area (TPSA) is 50.8 Å². The molecular weight excluding hydrogens is 292 g/mol. The van der Waals surface area contributed by atoms with Crippen LogP contribution in [0.25, 0.3) is 0 Å². The number of carbonyl (C=O) groups excluding carboxylic acids is 1. The van der Waals surface area contributed by atoms with Crippen molar-refractivity contribution in [3.8, 4) is 11.5 Å². The fourth-order valence-corrected chi connectivity index (χ4v) is 2.80. The first-order valence-corrected chi connectivity index (χ1v) is 8.26. The van der Waals surface area contributed by atoms with Gasteiger partial charge in [0, 0.05) is 32.6 Å². The molecule has 1 amide bonds. The van der Waals surface area contributed by atoms with Gasteiger partial charge in [-0.25, -0.2) is 0 Å². The summed E-state index contributed by atoms with van der Waals surface area (Å²) in [6, 6.07) is 4.13. The Morgan fingerprint density at radius 1 is 1.22 bits per heavy atom. The van der Waals surface area contributed by atoms with Crippen molar-refractivity contribution in [3.63, 3.8) is 0 Å². The summed E-state index contributed by atoms with van der Waals surface area (Å²) < 4.78 is 10.7. The van der Waals surface area contributed by atoms with E-state index in [1.165, 1.54) is 11.1 Å². The second-order valence-electron chi connectivity index (χ2n) is 6.45. The molecule has 0 unspecified atom stereocenters. The Morgan fingerprint density at radius 2 is 1.87 bits per heavy atom. The number of nitrogens with zero attached hydrogens (tertiary/aromatic N) is 1. The quantitative estimate of drug-likeness (QED) is 0.837.